The van der Waals surface area contributed by atoms with E-state index in [0.717, 1.165) is 16.3 Å². The number of thioether (sulfide) groups is 1. The average molecular weight is 265 g/mol. The second kappa shape index (κ2) is 5.44. The van der Waals surface area contributed by atoms with E-state index >= 15 is 0 Å². The monoisotopic (exact) mass is 265 g/mol. The maximum absolute atomic E-state index is 11.7. The Balaban J connectivity index is 1.90. The van der Waals surface area contributed by atoms with Crippen molar-refractivity contribution in [1.29, 1.82) is 0 Å². The van der Waals surface area contributed by atoms with Crippen molar-refractivity contribution in [2.45, 2.75) is 18.2 Å². The molecule has 2 unspecified atom stereocenters. The number of aliphatic carboxylic acids is 1. The summed E-state index contributed by atoms with van der Waals surface area (Å²) in [5.41, 5.74) is 0.719. The molecule has 96 valence electrons. The molecule has 4 nitrogen and oxygen atoms in total. The quantitative estimate of drug-likeness (QED) is 0.803. The summed E-state index contributed by atoms with van der Waals surface area (Å²) in [5.74, 6) is -0.941. The van der Waals surface area contributed by atoms with Crippen LogP contribution in [0.5, 0.6) is 0 Å². The lowest BCUT2D eigenvalue weighted by atomic mass is 10.2. The van der Waals surface area contributed by atoms with Gasteiger partial charge in [-0.2, -0.15) is 0 Å². The number of rotatable bonds is 5. The van der Waals surface area contributed by atoms with Gasteiger partial charge in [-0.05, 0) is 36.4 Å². The Bertz CT molecular complexity index is 458. The molecule has 1 aromatic rings. The molecule has 1 aromatic carbocycles. The van der Waals surface area contributed by atoms with Gasteiger partial charge >= 0.3 is 5.97 Å². The van der Waals surface area contributed by atoms with Crippen molar-refractivity contribution in [2.75, 3.05) is 11.1 Å². The molecule has 2 N–H and O–H groups in total. The highest BCUT2D eigenvalue weighted by atomic mass is 32.2. The third-order valence-electron chi connectivity index (χ3n) is 2.88. The van der Waals surface area contributed by atoms with E-state index in [2.05, 4.69) is 12.2 Å². The van der Waals surface area contributed by atoms with Crippen molar-refractivity contribution in [2.24, 2.45) is 11.8 Å². The summed E-state index contributed by atoms with van der Waals surface area (Å²) in [5, 5.41) is 11.5. The minimum Gasteiger partial charge on any atom is -0.481 e. The molecule has 0 aliphatic heterocycles. The third-order valence-corrected chi connectivity index (χ3v) is 3.77. The van der Waals surface area contributed by atoms with Gasteiger partial charge < -0.3 is 10.4 Å². The second-order valence-corrected chi connectivity index (χ2v) is 5.57. The van der Waals surface area contributed by atoms with Crippen LogP contribution >= 0.6 is 11.8 Å². The highest BCUT2D eigenvalue weighted by Gasteiger charge is 2.48. The van der Waals surface area contributed by atoms with Gasteiger partial charge in [-0.15, -0.1) is 11.8 Å². The van der Waals surface area contributed by atoms with E-state index in [1.165, 1.54) is 0 Å². The van der Waals surface area contributed by atoms with Crippen molar-refractivity contribution in [3.05, 3.63) is 24.3 Å². The Labute approximate surface area is 110 Å². The first-order valence-corrected chi connectivity index (χ1v) is 6.87. The predicted molar refractivity (Wildman–Crippen MR) is 70.7 cm³/mol. The number of benzene rings is 1. The van der Waals surface area contributed by atoms with Gasteiger partial charge in [0.25, 0.3) is 0 Å². The summed E-state index contributed by atoms with van der Waals surface area (Å²) >= 11 is 1.74. The molecule has 1 saturated carbocycles. The lowest BCUT2D eigenvalue weighted by Gasteiger charge is -2.05. The molecule has 1 amide bonds. The molecule has 5 heteroatoms. The number of carbonyl (C=O) groups excluding carboxylic acids is 1. The highest BCUT2D eigenvalue weighted by Crippen LogP contribution is 2.39. The van der Waals surface area contributed by atoms with Crippen LogP contribution in [0.3, 0.4) is 0 Å². The number of anilines is 1. The number of hydrogen-bond donors (Lipinski definition) is 2. The zero-order valence-electron chi connectivity index (χ0n) is 10.1. The predicted octanol–water partition coefficient (Wildman–Crippen LogP) is 2.46. The molecular weight excluding hydrogens is 250 g/mol. The summed E-state index contributed by atoms with van der Waals surface area (Å²) in [6, 6.07) is 7.58. The lowest BCUT2D eigenvalue weighted by molar-refractivity contribution is -0.139. The number of carboxylic acids is 1. The molecule has 2 rings (SSSR count). The van der Waals surface area contributed by atoms with Gasteiger partial charge in [0, 0.05) is 10.6 Å². The smallest absolute Gasteiger partial charge is 0.307 e. The molecule has 0 heterocycles. The van der Waals surface area contributed by atoms with E-state index in [-0.39, 0.29) is 11.8 Å². The Morgan fingerprint density at radius 3 is 2.50 bits per heavy atom. The van der Waals surface area contributed by atoms with Gasteiger partial charge in [-0.25, -0.2) is 0 Å². The van der Waals surface area contributed by atoms with Gasteiger partial charge in [0.1, 0.15) is 0 Å². The van der Waals surface area contributed by atoms with Gasteiger partial charge in [0.05, 0.1) is 11.8 Å². The molecule has 0 aromatic heterocycles. The van der Waals surface area contributed by atoms with Crippen LogP contribution in [-0.4, -0.2) is 22.7 Å². The first-order valence-electron chi connectivity index (χ1n) is 5.88. The van der Waals surface area contributed by atoms with Gasteiger partial charge in [-0.1, -0.05) is 6.92 Å². The molecule has 1 fully saturated rings. The van der Waals surface area contributed by atoms with Gasteiger partial charge in [0.15, 0.2) is 0 Å². The fourth-order valence-corrected chi connectivity index (χ4v) is 2.46. The summed E-state index contributed by atoms with van der Waals surface area (Å²) in [6.45, 7) is 2.08. The maximum Gasteiger partial charge on any atom is 0.307 e. The Morgan fingerprint density at radius 2 is 2.00 bits per heavy atom. The molecule has 18 heavy (non-hydrogen) atoms. The maximum atomic E-state index is 11.7. The van der Waals surface area contributed by atoms with Crippen molar-refractivity contribution < 1.29 is 14.7 Å². The van der Waals surface area contributed by atoms with Gasteiger partial charge in [0.2, 0.25) is 5.91 Å². The number of carboxylic acid groups (broad SMARTS) is 1. The molecule has 1 aliphatic carbocycles. The zero-order chi connectivity index (χ0) is 13.1. The molecule has 0 bridgehead atoms. The summed E-state index contributed by atoms with van der Waals surface area (Å²) in [7, 11) is 0. The molecular formula is C13H15NO3S. The minimum absolute atomic E-state index is 0.196. The summed E-state index contributed by atoms with van der Waals surface area (Å²) in [6.07, 6.45) is 0.449. The topological polar surface area (TPSA) is 66.4 Å². The molecule has 0 spiro atoms. The minimum atomic E-state index is -0.884. The zero-order valence-corrected chi connectivity index (χ0v) is 10.9. The fraction of sp³-hybridized carbons (Fsp3) is 0.385. The SMILES string of the molecule is CCSc1ccc(NC(=O)C2CC2C(=O)O)cc1. The van der Waals surface area contributed by atoms with Crippen molar-refractivity contribution in [3.8, 4) is 0 Å². The van der Waals surface area contributed by atoms with Crippen LogP contribution in [-0.2, 0) is 9.59 Å². The highest BCUT2D eigenvalue weighted by molar-refractivity contribution is 7.99. The number of amides is 1. The van der Waals surface area contributed by atoms with Crippen LogP contribution in [0.15, 0.2) is 29.2 Å². The molecule has 0 radical (unpaired) electrons. The van der Waals surface area contributed by atoms with Crippen molar-refractivity contribution in [3.63, 3.8) is 0 Å². The van der Waals surface area contributed by atoms with Crippen LogP contribution in [0.1, 0.15) is 13.3 Å². The fourth-order valence-electron chi connectivity index (χ4n) is 1.79. The number of carbonyl (C=O) groups is 2. The Kier molecular flexibility index (Phi) is 3.91. The molecule has 0 saturated heterocycles. The van der Waals surface area contributed by atoms with E-state index in [4.69, 9.17) is 5.11 Å². The average Bonchev–Trinajstić information content (AvgIpc) is 3.12. The van der Waals surface area contributed by atoms with Crippen LogP contribution < -0.4 is 5.32 Å². The van der Waals surface area contributed by atoms with E-state index in [1.807, 2.05) is 24.3 Å². The van der Waals surface area contributed by atoms with Crippen molar-refractivity contribution >= 4 is 29.3 Å². The Hall–Kier alpha value is -1.49. The van der Waals surface area contributed by atoms with Crippen LogP contribution in [0.2, 0.25) is 0 Å². The van der Waals surface area contributed by atoms with Crippen molar-refractivity contribution in [1.82, 2.24) is 0 Å². The van der Waals surface area contributed by atoms with Gasteiger partial charge in [-0.3, -0.25) is 9.59 Å². The number of hydrogen-bond acceptors (Lipinski definition) is 3. The molecule has 2 atom stereocenters. The summed E-state index contributed by atoms with van der Waals surface area (Å²) in [4.78, 5) is 23.5. The van der Waals surface area contributed by atoms with E-state index in [1.54, 1.807) is 11.8 Å². The largest absolute Gasteiger partial charge is 0.481 e. The summed E-state index contributed by atoms with van der Waals surface area (Å²) < 4.78 is 0. The standard InChI is InChI=1S/C13H15NO3S/c1-2-18-9-5-3-8(4-6-9)14-12(15)10-7-11(10)13(16)17/h3-6,10-11H,2,7H2,1H3,(H,14,15)(H,16,17). The normalized spacial score (nSPS) is 21.4. The lowest BCUT2D eigenvalue weighted by Crippen LogP contribution is -2.16. The van der Waals surface area contributed by atoms with E-state index in [0.29, 0.717) is 6.42 Å². The van der Waals surface area contributed by atoms with E-state index < -0.39 is 11.9 Å². The first-order chi connectivity index (χ1) is 8.61. The van der Waals surface area contributed by atoms with Crippen LogP contribution in [0.4, 0.5) is 5.69 Å². The van der Waals surface area contributed by atoms with Crippen LogP contribution in [0, 0.1) is 11.8 Å². The molecule has 1 aliphatic rings. The van der Waals surface area contributed by atoms with Crippen LogP contribution in [0.25, 0.3) is 0 Å². The Morgan fingerprint density at radius 1 is 1.33 bits per heavy atom. The van der Waals surface area contributed by atoms with E-state index in [9.17, 15) is 9.59 Å². The second-order valence-electron chi connectivity index (χ2n) is 4.23. The number of nitrogens with one attached hydrogen (secondary N) is 1. The first kappa shape index (κ1) is 13.0. The third kappa shape index (κ3) is 3.04.